The fourth-order valence-electron chi connectivity index (χ4n) is 3.96. The van der Waals surface area contributed by atoms with E-state index in [4.69, 9.17) is 11.6 Å². The van der Waals surface area contributed by atoms with E-state index in [1.54, 1.807) is 11.3 Å². The van der Waals surface area contributed by atoms with Crippen molar-refractivity contribution in [1.29, 1.82) is 0 Å². The monoisotopic (exact) mass is 410 g/mol. The van der Waals surface area contributed by atoms with Gasteiger partial charge in [0.1, 0.15) is 0 Å². The van der Waals surface area contributed by atoms with Crippen molar-refractivity contribution in [3.63, 3.8) is 0 Å². The number of thiophene rings is 1. The Balaban J connectivity index is 0.00000196. The molecule has 0 radical (unpaired) electrons. The smallest absolute Gasteiger partial charge is 0.232 e. The second-order valence-corrected chi connectivity index (χ2v) is 8.92. The first kappa shape index (κ1) is 19.7. The summed E-state index contributed by atoms with van der Waals surface area (Å²) in [7, 11) is 0. The minimum absolute atomic E-state index is 0. The Labute approximate surface area is 170 Å². The Morgan fingerprint density at radius 2 is 2.15 bits per heavy atom. The second-order valence-electron chi connectivity index (χ2n) is 7.15. The Hall–Kier alpha value is -1.07. The number of benzene rings is 1. The molecule has 2 aromatic rings. The fraction of sp³-hybridized carbons (Fsp3) is 0.450. The molecule has 0 saturated carbocycles. The molecule has 1 aromatic heterocycles. The van der Waals surface area contributed by atoms with Crippen molar-refractivity contribution in [3.05, 3.63) is 50.2 Å². The molecule has 4 rings (SSSR count). The van der Waals surface area contributed by atoms with E-state index in [1.165, 1.54) is 21.6 Å². The van der Waals surface area contributed by atoms with E-state index >= 15 is 0 Å². The predicted molar refractivity (Wildman–Crippen MR) is 112 cm³/mol. The molecule has 3 nitrogen and oxygen atoms in total. The van der Waals surface area contributed by atoms with Crippen LogP contribution in [-0.2, 0) is 17.8 Å². The first-order chi connectivity index (χ1) is 12.1. The minimum atomic E-state index is 0. The standard InChI is InChI=1S/C20H23ClN2OS.ClH/c1-13-5-6-17-16(10-13)15(20(24)22-17)4-2-3-8-23-9-7-18-14(12-23)11-19(21)25-18;/h5-6,10-11,15H,2-4,7-9,12H2,1H3,(H,22,24);1H. The average Bonchev–Trinajstić information content (AvgIpc) is 3.09. The number of nitrogens with one attached hydrogen (secondary N) is 1. The van der Waals surface area contributed by atoms with Gasteiger partial charge in [-0.15, -0.1) is 23.7 Å². The largest absolute Gasteiger partial charge is 0.325 e. The molecule has 0 spiro atoms. The van der Waals surface area contributed by atoms with Gasteiger partial charge in [0.05, 0.1) is 10.3 Å². The summed E-state index contributed by atoms with van der Waals surface area (Å²) >= 11 is 7.85. The highest BCUT2D eigenvalue weighted by atomic mass is 35.5. The number of fused-ring (bicyclic) bond motifs is 2. The van der Waals surface area contributed by atoms with E-state index in [0.717, 1.165) is 55.3 Å². The predicted octanol–water partition coefficient (Wildman–Crippen LogP) is 5.40. The van der Waals surface area contributed by atoms with Gasteiger partial charge in [0, 0.05) is 23.7 Å². The van der Waals surface area contributed by atoms with E-state index in [9.17, 15) is 4.79 Å². The SMILES string of the molecule is Cc1ccc2c(c1)C(CCCCN1CCc3sc(Cl)cc3C1)C(=O)N2.Cl. The summed E-state index contributed by atoms with van der Waals surface area (Å²) in [4.78, 5) is 16.2. The Kier molecular flexibility index (Phi) is 6.29. The maximum Gasteiger partial charge on any atom is 0.232 e. The molecule has 2 aliphatic rings. The van der Waals surface area contributed by atoms with Gasteiger partial charge in [-0.25, -0.2) is 0 Å². The van der Waals surface area contributed by atoms with Crippen LogP contribution in [0.25, 0.3) is 0 Å². The van der Waals surface area contributed by atoms with Crippen molar-refractivity contribution in [1.82, 2.24) is 4.90 Å². The number of halogens is 2. The van der Waals surface area contributed by atoms with Crippen LogP contribution < -0.4 is 5.32 Å². The van der Waals surface area contributed by atoms with Crippen LogP contribution in [0.4, 0.5) is 5.69 Å². The van der Waals surface area contributed by atoms with Crippen molar-refractivity contribution in [2.75, 3.05) is 18.4 Å². The van der Waals surface area contributed by atoms with Gasteiger partial charge >= 0.3 is 0 Å². The number of anilines is 1. The van der Waals surface area contributed by atoms with Gasteiger partial charge in [-0.05, 0) is 56.0 Å². The van der Waals surface area contributed by atoms with E-state index < -0.39 is 0 Å². The summed E-state index contributed by atoms with van der Waals surface area (Å²) in [6.07, 6.45) is 4.27. The second kappa shape index (κ2) is 8.30. The number of carbonyl (C=O) groups is 1. The highest BCUT2D eigenvalue weighted by Gasteiger charge is 2.29. The molecular formula is C20H24Cl2N2OS. The van der Waals surface area contributed by atoms with Gasteiger partial charge in [0.25, 0.3) is 0 Å². The van der Waals surface area contributed by atoms with Gasteiger partial charge in [0.2, 0.25) is 5.91 Å². The number of hydrogen-bond acceptors (Lipinski definition) is 3. The molecule has 1 amide bonds. The van der Waals surface area contributed by atoms with E-state index in [1.807, 2.05) is 6.07 Å². The summed E-state index contributed by atoms with van der Waals surface area (Å²) < 4.78 is 0.910. The summed E-state index contributed by atoms with van der Waals surface area (Å²) in [6, 6.07) is 8.36. The molecule has 0 bridgehead atoms. The van der Waals surface area contributed by atoms with E-state index in [-0.39, 0.29) is 24.2 Å². The number of carbonyl (C=O) groups excluding carboxylic acids is 1. The zero-order valence-corrected chi connectivity index (χ0v) is 17.3. The first-order valence-corrected chi connectivity index (χ1v) is 10.2. The molecule has 26 heavy (non-hydrogen) atoms. The zero-order valence-electron chi connectivity index (χ0n) is 14.9. The van der Waals surface area contributed by atoms with Crippen LogP contribution >= 0.6 is 35.3 Å². The van der Waals surface area contributed by atoms with Crippen molar-refractivity contribution in [3.8, 4) is 0 Å². The maximum absolute atomic E-state index is 12.2. The van der Waals surface area contributed by atoms with Crippen LogP contribution in [0.2, 0.25) is 4.34 Å². The quantitative estimate of drug-likeness (QED) is 0.669. The molecule has 2 aliphatic heterocycles. The number of nitrogens with zero attached hydrogens (tertiary/aromatic N) is 1. The highest BCUT2D eigenvalue weighted by Crippen LogP contribution is 2.36. The van der Waals surface area contributed by atoms with Gasteiger partial charge in [-0.3, -0.25) is 9.69 Å². The molecule has 1 unspecified atom stereocenters. The Morgan fingerprint density at radius 3 is 3.00 bits per heavy atom. The molecule has 1 N–H and O–H groups in total. The molecule has 0 saturated heterocycles. The van der Waals surface area contributed by atoms with Crippen LogP contribution in [0.3, 0.4) is 0 Å². The Bertz CT molecular complexity index is 805. The number of amides is 1. The van der Waals surface area contributed by atoms with Gasteiger partial charge < -0.3 is 5.32 Å². The molecule has 1 aromatic carbocycles. The summed E-state index contributed by atoms with van der Waals surface area (Å²) in [6.45, 7) is 5.32. The van der Waals surface area contributed by atoms with E-state index in [0.29, 0.717) is 0 Å². The zero-order chi connectivity index (χ0) is 17.4. The normalized spacial score (nSPS) is 18.8. The van der Waals surface area contributed by atoms with Crippen molar-refractivity contribution in [2.24, 2.45) is 0 Å². The van der Waals surface area contributed by atoms with Crippen molar-refractivity contribution < 1.29 is 4.79 Å². The molecule has 6 heteroatoms. The van der Waals surface area contributed by atoms with Crippen LogP contribution in [0.1, 0.15) is 46.7 Å². The molecule has 0 aliphatic carbocycles. The number of hydrogen-bond donors (Lipinski definition) is 1. The Morgan fingerprint density at radius 1 is 1.31 bits per heavy atom. The lowest BCUT2D eigenvalue weighted by Gasteiger charge is -2.26. The first-order valence-electron chi connectivity index (χ1n) is 9.01. The van der Waals surface area contributed by atoms with Gasteiger partial charge in [-0.1, -0.05) is 35.7 Å². The lowest BCUT2D eigenvalue weighted by atomic mass is 9.93. The highest BCUT2D eigenvalue weighted by molar-refractivity contribution is 7.16. The lowest BCUT2D eigenvalue weighted by Crippen LogP contribution is -2.30. The average molecular weight is 411 g/mol. The minimum Gasteiger partial charge on any atom is -0.325 e. The molecule has 140 valence electrons. The summed E-state index contributed by atoms with van der Waals surface area (Å²) in [5.41, 5.74) is 4.80. The summed E-state index contributed by atoms with van der Waals surface area (Å²) in [5.74, 6) is 0.190. The maximum atomic E-state index is 12.2. The fourth-order valence-corrected chi connectivity index (χ4v) is 5.26. The molecule has 0 fully saturated rings. The van der Waals surface area contributed by atoms with Crippen molar-refractivity contribution >= 4 is 46.9 Å². The van der Waals surface area contributed by atoms with Gasteiger partial charge in [-0.2, -0.15) is 0 Å². The third-order valence-corrected chi connectivity index (χ3v) is 6.66. The lowest BCUT2D eigenvalue weighted by molar-refractivity contribution is -0.117. The number of unbranched alkanes of at least 4 members (excludes halogenated alkanes) is 1. The van der Waals surface area contributed by atoms with E-state index in [2.05, 4.69) is 35.3 Å². The third-order valence-electron chi connectivity index (χ3n) is 5.29. The topological polar surface area (TPSA) is 32.3 Å². The third kappa shape index (κ3) is 4.09. The molecular weight excluding hydrogens is 387 g/mol. The van der Waals surface area contributed by atoms with Crippen LogP contribution in [0, 0.1) is 6.92 Å². The number of aryl methyl sites for hydroxylation is 1. The summed E-state index contributed by atoms with van der Waals surface area (Å²) in [5, 5.41) is 3.02. The molecule has 3 heterocycles. The van der Waals surface area contributed by atoms with Crippen molar-refractivity contribution in [2.45, 2.75) is 45.1 Å². The van der Waals surface area contributed by atoms with Crippen LogP contribution in [0.5, 0.6) is 0 Å². The van der Waals surface area contributed by atoms with Crippen LogP contribution in [-0.4, -0.2) is 23.9 Å². The van der Waals surface area contributed by atoms with Crippen LogP contribution in [0.15, 0.2) is 24.3 Å². The molecule has 1 atom stereocenters. The number of rotatable bonds is 5. The van der Waals surface area contributed by atoms with Gasteiger partial charge in [0.15, 0.2) is 0 Å².